The Bertz CT molecular complexity index is 413. The molecule has 5 heteroatoms. The van der Waals surface area contributed by atoms with Gasteiger partial charge in [-0.3, -0.25) is 9.48 Å². The standard InChI is InChI=1S/C12H20N4O/c1-3-15(2)12(17)10-8-14-16-6-4-5-9(7-13)11(10)16/h8-9H,3-7,13H2,1-2H3. The van der Waals surface area contributed by atoms with Gasteiger partial charge in [-0.2, -0.15) is 5.10 Å². The molecule has 2 heterocycles. The van der Waals surface area contributed by atoms with E-state index in [-0.39, 0.29) is 11.8 Å². The van der Waals surface area contributed by atoms with Gasteiger partial charge in [-0.15, -0.1) is 0 Å². The number of carbonyl (C=O) groups excluding carboxylic acids is 1. The van der Waals surface area contributed by atoms with Crippen LogP contribution < -0.4 is 5.73 Å². The van der Waals surface area contributed by atoms with Crippen molar-refractivity contribution >= 4 is 5.91 Å². The molecule has 94 valence electrons. The van der Waals surface area contributed by atoms with Crippen LogP contribution in [0.25, 0.3) is 0 Å². The van der Waals surface area contributed by atoms with Gasteiger partial charge in [-0.1, -0.05) is 0 Å². The molecule has 2 rings (SSSR count). The normalized spacial score (nSPS) is 18.9. The highest BCUT2D eigenvalue weighted by atomic mass is 16.2. The van der Waals surface area contributed by atoms with Crippen molar-refractivity contribution in [2.24, 2.45) is 5.73 Å². The highest BCUT2D eigenvalue weighted by molar-refractivity contribution is 5.95. The zero-order valence-electron chi connectivity index (χ0n) is 10.5. The molecule has 0 saturated heterocycles. The fourth-order valence-electron chi connectivity index (χ4n) is 2.37. The van der Waals surface area contributed by atoms with Crippen LogP contribution in [0.1, 0.15) is 41.7 Å². The lowest BCUT2D eigenvalue weighted by atomic mass is 9.93. The van der Waals surface area contributed by atoms with E-state index in [1.165, 1.54) is 0 Å². The number of aryl methyl sites for hydroxylation is 1. The molecule has 5 nitrogen and oxygen atoms in total. The molecular formula is C12H20N4O. The Morgan fingerprint density at radius 1 is 1.71 bits per heavy atom. The van der Waals surface area contributed by atoms with Gasteiger partial charge in [0.1, 0.15) is 0 Å². The fourth-order valence-corrected chi connectivity index (χ4v) is 2.37. The quantitative estimate of drug-likeness (QED) is 0.844. The molecule has 1 amide bonds. The zero-order valence-corrected chi connectivity index (χ0v) is 10.5. The molecule has 0 spiro atoms. The van der Waals surface area contributed by atoms with Crippen LogP contribution in [0, 0.1) is 0 Å². The Morgan fingerprint density at radius 3 is 3.12 bits per heavy atom. The first-order valence-corrected chi connectivity index (χ1v) is 6.20. The van der Waals surface area contributed by atoms with Gasteiger partial charge in [0.15, 0.2) is 0 Å². The molecule has 1 aromatic rings. The van der Waals surface area contributed by atoms with Crippen LogP contribution >= 0.6 is 0 Å². The largest absolute Gasteiger partial charge is 0.342 e. The van der Waals surface area contributed by atoms with Crippen molar-refractivity contribution < 1.29 is 4.79 Å². The van der Waals surface area contributed by atoms with Crippen LogP contribution in [0.3, 0.4) is 0 Å². The second-order valence-corrected chi connectivity index (χ2v) is 4.56. The fraction of sp³-hybridized carbons (Fsp3) is 0.667. The summed E-state index contributed by atoms with van der Waals surface area (Å²) in [5.41, 5.74) is 7.55. The Balaban J connectivity index is 2.36. The first-order valence-electron chi connectivity index (χ1n) is 6.20. The van der Waals surface area contributed by atoms with Crippen LogP contribution in [0.15, 0.2) is 6.20 Å². The van der Waals surface area contributed by atoms with Crippen LogP contribution in [0.5, 0.6) is 0 Å². The first-order chi connectivity index (χ1) is 8.19. The number of amides is 1. The second kappa shape index (κ2) is 4.87. The lowest BCUT2D eigenvalue weighted by molar-refractivity contribution is 0.0800. The van der Waals surface area contributed by atoms with Crippen molar-refractivity contribution in [3.8, 4) is 0 Å². The molecule has 0 fully saturated rings. The SMILES string of the molecule is CCN(C)C(=O)c1cnn2c1C(CN)CCC2. The van der Waals surface area contributed by atoms with E-state index in [1.54, 1.807) is 11.1 Å². The molecule has 1 aliphatic heterocycles. The molecule has 0 aliphatic carbocycles. The summed E-state index contributed by atoms with van der Waals surface area (Å²) < 4.78 is 1.94. The van der Waals surface area contributed by atoms with Gasteiger partial charge >= 0.3 is 0 Å². The average molecular weight is 236 g/mol. The number of nitrogens with two attached hydrogens (primary N) is 1. The maximum Gasteiger partial charge on any atom is 0.257 e. The predicted molar refractivity (Wildman–Crippen MR) is 65.9 cm³/mol. The van der Waals surface area contributed by atoms with Crippen molar-refractivity contribution in [1.29, 1.82) is 0 Å². The number of hydrogen-bond donors (Lipinski definition) is 1. The number of rotatable bonds is 3. The Morgan fingerprint density at radius 2 is 2.47 bits per heavy atom. The molecule has 1 aromatic heterocycles. The van der Waals surface area contributed by atoms with Crippen LogP contribution in [0.2, 0.25) is 0 Å². The summed E-state index contributed by atoms with van der Waals surface area (Å²) in [6, 6.07) is 0. The van der Waals surface area contributed by atoms with Crippen molar-refractivity contribution in [1.82, 2.24) is 14.7 Å². The van der Waals surface area contributed by atoms with Crippen molar-refractivity contribution in [2.75, 3.05) is 20.1 Å². The Hall–Kier alpha value is -1.36. The maximum atomic E-state index is 12.2. The van der Waals surface area contributed by atoms with E-state index in [0.717, 1.165) is 30.6 Å². The molecule has 2 N–H and O–H groups in total. The van der Waals surface area contributed by atoms with Crippen molar-refractivity contribution in [3.05, 3.63) is 17.5 Å². The van der Waals surface area contributed by atoms with Crippen LogP contribution in [-0.4, -0.2) is 40.7 Å². The van der Waals surface area contributed by atoms with E-state index in [4.69, 9.17) is 5.73 Å². The predicted octanol–water partition coefficient (Wildman–Crippen LogP) is 0.811. The summed E-state index contributed by atoms with van der Waals surface area (Å²) in [6.45, 7) is 4.15. The highest BCUT2D eigenvalue weighted by Gasteiger charge is 2.27. The number of nitrogens with zero attached hydrogens (tertiary/aromatic N) is 3. The molecular weight excluding hydrogens is 216 g/mol. The van der Waals surface area contributed by atoms with Gasteiger partial charge in [0, 0.05) is 32.6 Å². The maximum absolute atomic E-state index is 12.2. The van der Waals surface area contributed by atoms with Gasteiger partial charge < -0.3 is 10.6 Å². The van der Waals surface area contributed by atoms with E-state index >= 15 is 0 Å². The topological polar surface area (TPSA) is 64.2 Å². The third-order valence-corrected chi connectivity index (χ3v) is 3.53. The van der Waals surface area contributed by atoms with Crippen molar-refractivity contribution in [3.63, 3.8) is 0 Å². The van der Waals surface area contributed by atoms with E-state index in [1.807, 2.05) is 18.7 Å². The number of fused-ring (bicyclic) bond motifs is 1. The summed E-state index contributed by atoms with van der Waals surface area (Å²) in [6.07, 6.45) is 3.84. The van der Waals surface area contributed by atoms with Gasteiger partial charge in [-0.05, 0) is 19.8 Å². The highest BCUT2D eigenvalue weighted by Crippen LogP contribution is 2.29. The summed E-state index contributed by atoms with van der Waals surface area (Å²) in [7, 11) is 1.81. The minimum Gasteiger partial charge on any atom is -0.342 e. The molecule has 0 saturated carbocycles. The summed E-state index contributed by atoms with van der Waals surface area (Å²) in [4.78, 5) is 13.9. The minimum atomic E-state index is 0.0501. The molecule has 1 aliphatic rings. The first kappa shape index (κ1) is 12.1. The van der Waals surface area contributed by atoms with Gasteiger partial charge in [0.05, 0.1) is 17.5 Å². The molecule has 0 radical (unpaired) electrons. The van der Waals surface area contributed by atoms with E-state index in [2.05, 4.69) is 5.10 Å². The third-order valence-electron chi connectivity index (χ3n) is 3.53. The lowest BCUT2D eigenvalue weighted by Gasteiger charge is -2.24. The number of aromatic nitrogens is 2. The zero-order chi connectivity index (χ0) is 12.4. The molecule has 1 unspecified atom stereocenters. The summed E-state index contributed by atoms with van der Waals surface area (Å²) in [5, 5.41) is 4.31. The number of carbonyl (C=O) groups is 1. The smallest absolute Gasteiger partial charge is 0.257 e. The van der Waals surface area contributed by atoms with Gasteiger partial charge in [0.2, 0.25) is 0 Å². The Kier molecular flexibility index (Phi) is 3.47. The third kappa shape index (κ3) is 2.07. The van der Waals surface area contributed by atoms with Gasteiger partial charge in [-0.25, -0.2) is 0 Å². The lowest BCUT2D eigenvalue weighted by Crippen LogP contribution is -2.30. The molecule has 1 atom stereocenters. The summed E-state index contributed by atoms with van der Waals surface area (Å²) in [5.74, 6) is 0.324. The molecule has 17 heavy (non-hydrogen) atoms. The molecule has 0 aromatic carbocycles. The van der Waals surface area contributed by atoms with Crippen LogP contribution in [0.4, 0.5) is 0 Å². The number of hydrogen-bond acceptors (Lipinski definition) is 3. The minimum absolute atomic E-state index is 0.0501. The van der Waals surface area contributed by atoms with E-state index < -0.39 is 0 Å². The van der Waals surface area contributed by atoms with Gasteiger partial charge in [0.25, 0.3) is 5.91 Å². The van der Waals surface area contributed by atoms with Crippen molar-refractivity contribution in [2.45, 2.75) is 32.2 Å². The monoisotopic (exact) mass is 236 g/mol. The van der Waals surface area contributed by atoms with E-state index in [9.17, 15) is 4.79 Å². The van der Waals surface area contributed by atoms with E-state index in [0.29, 0.717) is 13.1 Å². The Labute approximate surface area is 102 Å². The average Bonchev–Trinajstić information content (AvgIpc) is 2.80. The molecule has 0 bridgehead atoms. The summed E-state index contributed by atoms with van der Waals surface area (Å²) >= 11 is 0. The second-order valence-electron chi connectivity index (χ2n) is 4.56. The van der Waals surface area contributed by atoms with Crippen LogP contribution in [-0.2, 0) is 6.54 Å².